The van der Waals surface area contributed by atoms with E-state index in [1.54, 1.807) is 0 Å². The second-order valence-electron chi connectivity index (χ2n) is 5.21. The first-order valence-corrected chi connectivity index (χ1v) is 6.90. The van der Waals surface area contributed by atoms with Crippen LogP contribution >= 0.6 is 0 Å². The van der Waals surface area contributed by atoms with E-state index in [1.807, 2.05) is 13.1 Å². The van der Waals surface area contributed by atoms with Crippen LogP contribution in [0, 0.1) is 0 Å². The average molecular weight is 260 g/mol. The van der Waals surface area contributed by atoms with E-state index in [4.69, 9.17) is 0 Å². The molecule has 0 spiro atoms. The zero-order valence-electron chi connectivity index (χ0n) is 11.1. The molecular weight excluding hydrogens is 240 g/mol. The normalized spacial score (nSPS) is 21.6. The lowest BCUT2D eigenvalue weighted by Gasteiger charge is -2.31. The third-order valence-electron chi connectivity index (χ3n) is 3.96. The third-order valence-corrected chi connectivity index (χ3v) is 3.96. The summed E-state index contributed by atoms with van der Waals surface area (Å²) in [5.74, 6) is 0. The summed E-state index contributed by atoms with van der Waals surface area (Å²) in [5, 5.41) is 6.97. The highest BCUT2D eigenvalue weighted by Crippen LogP contribution is 2.24. The van der Waals surface area contributed by atoms with Crippen LogP contribution in [0.3, 0.4) is 0 Å². The van der Waals surface area contributed by atoms with E-state index in [9.17, 15) is 4.79 Å². The lowest BCUT2D eigenvalue weighted by Crippen LogP contribution is -2.43. The van der Waals surface area contributed by atoms with Crippen LogP contribution in [0.25, 0.3) is 11.0 Å². The van der Waals surface area contributed by atoms with Crippen molar-refractivity contribution in [2.45, 2.75) is 31.3 Å². The SMILES string of the molecule is CNC(c1ccc2[nH]c(=O)[nH]c2c1)C1CCCCN1. The summed E-state index contributed by atoms with van der Waals surface area (Å²) in [6.45, 7) is 1.09. The van der Waals surface area contributed by atoms with Crippen molar-refractivity contribution in [1.29, 1.82) is 0 Å². The highest BCUT2D eigenvalue weighted by Gasteiger charge is 2.23. The number of piperidine rings is 1. The Morgan fingerprint density at radius 3 is 2.84 bits per heavy atom. The van der Waals surface area contributed by atoms with Gasteiger partial charge in [0.25, 0.3) is 0 Å². The van der Waals surface area contributed by atoms with Gasteiger partial charge in [-0.15, -0.1) is 0 Å². The fourth-order valence-corrected chi connectivity index (χ4v) is 3.01. The van der Waals surface area contributed by atoms with Gasteiger partial charge in [-0.1, -0.05) is 12.5 Å². The molecule has 5 nitrogen and oxygen atoms in total. The Hall–Kier alpha value is -1.59. The molecule has 3 rings (SSSR count). The van der Waals surface area contributed by atoms with Crippen LogP contribution in [0.1, 0.15) is 30.9 Å². The van der Waals surface area contributed by atoms with Crippen molar-refractivity contribution in [1.82, 2.24) is 20.6 Å². The van der Waals surface area contributed by atoms with Gasteiger partial charge >= 0.3 is 5.69 Å². The van der Waals surface area contributed by atoms with Crippen molar-refractivity contribution in [3.8, 4) is 0 Å². The minimum absolute atomic E-state index is 0.149. The summed E-state index contributed by atoms with van der Waals surface area (Å²) in [4.78, 5) is 16.9. The molecule has 19 heavy (non-hydrogen) atoms. The maximum atomic E-state index is 11.3. The van der Waals surface area contributed by atoms with Gasteiger partial charge in [-0.05, 0) is 44.1 Å². The zero-order chi connectivity index (χ0) is 13.2. The number of hydrogen-bond acceptors (Lipinski definition) is 3. The number of rotatable bonds is 3. The van der Waals surface area contributed by atoms with E-state index in [0.717, 1.165) is 17.6 Å². The average Bonchev–Trinajstić information content (AvgIpc) is 2.80. The van der Waals surface area contributed by atoms with Gasteiger partial charge in [0.2, 0.25) is 0 Å². The van der Waals surface area contributed by atoms with Crippen molar-refractivity contribution in [3.63, 3.8) is 0 Å². The van der Waals surface area contributed by atoms with Gasteiger partial charge in [-0.2, -0.15) is 0 Å². The molecule has 2 atom stereocenters. The molecule has 2 aromatic rings. The molecule has 1 aliphatic rings. The Bertz CT molecular complexity index is 609. The van der Waals surface area contributed by atoms with E-state index in [1.165, 1.54) is 24.8 Å². The fraction of sp³-hybridized carbons (Fsp3) is 0.500. The number of fused-ring (bicyclic) bond motifs is 1. The maximum Gasteiger partial charge on any atom is 0.323 e. The number of H-pyrrole nitrogens is 2. The molecule has 102 valence electrons. The number of hydrogen-bond donors (Lipinski definition) is 4. The van der Waals surface area contributed by atoms with E-state index in [-0.39, 0.29) is 11.7 Å². The van der Waals surface area contributed by atoms with Gasteiger partial charge in [-0.3, -0.25) is 0 Å². The number of imidazole rings is 1. The quantitative estimate of drug-likeness (QED) is 0.671. The summed E-state index contributed by atoms with van der Waals surface area (Å²) in [7, 11) is 1.99. The maximum absolute atomic E-state index is 11.3. The lowest BCUT2D eigenvalue weighted by molar-refractivity contribution is 0.326. The molecule has 0 aliphatic carbocycles. The number of benzene rings is 1. The van der Waals surface area contributed by atoms with Crippen LogP contribution in [0.2, 0.25) is 0 Å². The first-order valence-electron chi connectivity index (χ1n) is 6.90. The molecule has 5 heteroatoms. The van der Waals surface area contributed by atoms with Gasteiger partial charge in [0.15, 0.2) is 0 Å². The Kier molecular flexibility index (Phi) is 3.40. The van der Waals surface area contributed by atoms with Crippen molar-refractivity contribution >= 4 is 11.0 Å². The van der Waals surface area contributed by atoms with Gasteiger partial charge in [0, 0.05) is 12.1 Å². The molecule has 1 saturated heterocycles. The zero-order valence-corrected chi connectivity index (χ0v) is 11.1. The predicted octanol–water partition coefficient (Wildman–Crippen LogP) is 1.26. The Balaban J connectivity index is 1.93. The van der Waals surface area contributed by atoms with Gasteiger partial charge in [-0.25, -0.2) is 4.79 Å². The third kappa shape index (κ3) is 2.43. The van der Waals surface area contributed by atoms with E-state index in [0.29, 0.717) is 6.04 Å². The van der Waals surface area contributed by atoms with Crippen LogP contribution in [-0.2, 0) is 0 Å². The minimum Gasteiger partial charge on any atom is -0.312 e. The molecule has 1 fully saturated rings. The van der Waals surface area contributed by atoms with Crippen LogP contribution < -0.4 is 16.3 Å². The van der Waals surface area contributed by atoms with Crippen LogP contribution in [-0.4, -0.2) is 29.6 Å². The van der Waals surface area contributed by atoms with Gasteiger partial charge in [0.1, 0.15) is 0 Å². The molecule has 1 aliphatic heterocycles. The second-order valence-corrected chi connectivity index (χ2v) is 5.21. The van der Waals surface area contributed by atoms with Crippen molar-refractivity contribution in [3.05, 3.63) is 34.2 Å². The molecule has 0 saturated carbocycles. The Labute approximate surface area is 111 Å². The monoisotopic (exact) mass is 260 g/mol. The van der Waals surface area contributed by atoms with Gasteiger partial charge in [0.05, 0.1) is 11.0 Å². The number of aromatic amines is 2. The second kappa shape index (κ2) is 5.19. The molecule has 2 heterocycles. The molecule has 0 radical (unpaired) electrons. The summed E-state index contributed by atoms with van der Waals surface area (Å²) < 4.78 is 0. The highest BCUT2D eigenvalue weighted by atomic mass is 16.1. The van der Waals surface area contributed by atoms with E-state index >= 15 is 0 Å². The standard InChI is InChI=1S/C14H20N4O/c1-15-13(11-4-2-3-7-16-11)9-5-6-10-12(8-9)18-14(19)17-10/h5-6,8,11,13,15-16H,2-4,7H2,1H3,(H2,17,18,19). The first-order chi connectivity index (χ1) is 9.28. The summed E-state index contributed by atoms with van der Waals surface area (Å²) in [6.07, 6.45) is 3.73. The van der Waals surface area contributed by atoms with Crippen molar-refractivity contribution in [2.24, 2.45) is 0 Å². The van der Waals surface area contributed by atoms with Gasteiger partial charge < -0.3 is 20.6 Å². The van der Waals surface area contributed by atoms with Crippen LogP contribution in [0.4, 0.5) is 0 Å². The summed E-state index contributed by atoms with van der Waals surface area (Å²) >= 11 is 0. The predicted molar refractivity (Wildman–Crippen MR) is 76.4 cm³/mol. The molecule has 1 aromatic heterocycles. The summed E-state index contributed by atoms with van der Waals surface area (Å²) in [5.41, 5.74) is 2.80. The fourth-order valence-electron chi connectivity index (χ4n) is 3.01. The Morgan fingerprint density at radius 2 is 2.11 bits per heavy atom. The molecule has 0 bridgehead atoms. The molecular formula is C14H20N4O. The van der Waals surface area contributed by atoms with Crippen LogP contribution in [0.15, 0.2) is 23.0 Å². The lowest BCUT2D eigenvalue weighted by atomic mass is 9.92. The number of aromatic nitrogens is 2. The first kappa shape index (κ1) is 12.4. The molecule has 4 N–H and O–H groups in total. The molecule has 0 amide bonds. The summed E-state index contributed by atoms with van der Waals surface area (Å²) in [6, 6.07) is 6.86. The largest absolute Gasteiger partial charge is 0.323 e. The van der Waals surface area contributed by atoms with E-state index < -0.39 is 0 Å². The van der Waals surface area contributed by atoms with Crippen LogP contribution in [0.5, 0.6) is 0 Å². The topological polar surface area (TPSA) is 72.7 Å². The number of likely N-dealkylation sites (N-methyl/N-ethyl adjacent to an activating group) is 1. The number of nitrogens with one attached hydrogen (secondary N) is 4. The van der Waals surface area contributed by atoms with E-state index in [2.05, 4.69) is 32.7 Å². The molecule has 1 aromatic carbocycles. The van der Waals surface area contributed by atoms with Crippen molar-refractivity contribution in [2.75, 3.05) is 13.6 Å². The highest BCUT2D eigenvalue weighted by molar-refractivity contribution is 5.75. The molecule has 2 unspecified atom stereocenters. The smallest absolute Gasteiger partial charge is 0.312 e. The van der Waals surface area contributed by atoms with Crippen molar-refractivity contribution < 1.29 is 0 Å². The minimum atomic E-state index is -0.149. The Morgan fingerprint density at radius 1 is 1.26 bits per heavy atom.